The highest BCUT2D eigenvalue weighted by atomic mass is 16.5. The standard InChI is InChI=1S/C45H30N4O/c1-5-15-29(16-6-1)33-25-26-36(45-47-43(30-17-7-2-8-18-30)46-44(48-45)31-19-9-3-10-20-31)39-35-27-28-38-40(42(35)50-41(33)39)34-23-13-14-24-37(34)49(38)32-21-11-4-12-22-32/h1-28,35,42H. The van der Waals surface area contributed by atoms with Gasteiger partial charge in [-0.15, -0.1) is 0 Å². The Kier molecular flexibility index (Phi) is 6.56. The van der Waals surface area contributed by atoms with Gasteiger partial charge in [-0.05, 0) is 42.0 Å². The third-order valence-electron chi connectivity index (χ3n) is 9.84. The van der Waals surface area contributed by atoms with Crippen LogP contribution in [-0.2, 0) is 0 Å². The quantitative estimate of drug-likeness (QED) is 0.187. The van der Waals surface area contributed by atoms with Gasteiger partial charge in [-0.25, -0.2) is 15.0 Å². The van der Waals surface area contributed by atoms with Gasteiger partial charge in [0.05, 0.1) is 11.2 Å². The van der Waals surface area contributed by atoms with Crippen LogP contribution in [0, 0.1) is 0 Å². The average Bonchev–Trinajstić information content (AvgIpc) is 3.75. The van der Waals surface area contributed by atoms with Crippen molar-refractivity contribution in [2.45, 2.75) is 12.0 Å². The lowest BCUT2D eigenvalue weighted by atomic mass is 9.82. The van der Waals surface area contributed by atoms with Crippen molar-refractivity contribution in [3.8, 4) is 56.7 Å². The van der Waals surface area contributed by atoms with E-state index in [1.807, 2.05) is 66.7 Å². The molecule has 236 valence electrons. The first-order valence-corrected chi connectivity index (χ1v) is 16.9. The zero-order valence-electron chi connectivity index (χ0n) is 27.0. The van der Waals surface area contributed by atoms with Gasteiger partial charge in [0.2, 0.25) is 0 Å². The van der Waals surface area contributed by atoms with Gasteiger partial charge in [0.25, 0.3) is 0 Å². The average molecular weight is 643 g/mol. The highest BCUT2D eigenvalue weighted by molar-refractivity contribution is 5.93. The van der Waals surface area contributed by atoms with E-state index in [0.717, 1.165) is 56.0 Å². The minimum atomic E-state index is -0.229. The molecule has 0 saturated carbocycles. The van der Waals surface area contributed by atoms with E-state index in [1.54, 1.807) is 0 Å². The second-order valence-electron chi connectivity index (χ2n) is 12.7. The highest BCUT2D eigenvalue weighted by Crippen LogP contribution is 2.57. The lowest BCUT2D eigenvalue weighted by Gasteiger charge is -2.22. The molecular weight excluding hydrogens is 613 g/mol. The van der Waals surface area contributed by atoms with Crippen LogP contribution in [0.4, 0.5) is 0 Å². The maximum atomic E-state index is 7.24. The van der Waals surface area contributed by atoms with E-state index in [4.69, 9.17) is 19.7 Å². The Morgan fingerprint density at radius 2 is 1.02 bits per heavy atom. The fraction of sp³-hybridized carbons (Fsp3) is 0.0444. The van der Waals surface area contributed by atoms with Crippen molar-refractivity contribution in [3.63, 3.8) is 0 Å². The summed E-state index contributed by atoms with van der Waals surface area (Å²) < 4.78 is 9.59. The summed E-state index contributed by atoms with van der Waals surface area (Å²) in [5, 5.41) is 1.19. The topological polar surface area (TPSA) is 52.8 Å². The molecule has 0 fully saturated rings. The molecule has 2 aliphatic rings. The smallest absolute Gasteiger partial charge is 0.164 e. The van der Waals surface area contributed by atoms with Crippen molar-refractivity contribution in [1.82, 2.24) is 19.5 Å². The zero-order chi connectivity index (χ0) is 33.0. The molecule has 0 spiro atoms. The second kappa shape index (κ2) is 11.5. The summed E-state index contributed by atoms with van der Waals surface area (Å²) in [6.45, 7) is 0. The molecule has 3 heterocycles. The van der Waals surface area contributed by atoms with Crippen molar-refractivity contribution in [3.05, 3.63) is 181 Å². The summed E-state index contributed by atoms with van der Waals surface area (Å²) in [4.78, 5) is 15.3. The van der Waals surface area contributed by atoms with Gasteiger partial charge in [0.15, 0.2) is 17.5 Å². The van der Waals surface area contributed by atoms with Crippen LogP contribution in [0.15, 0.2) is 164 Å². The van der Waals surface area contributed by atoms with Gasteiger partial charge in [-0.3, -0.25) is 0 Å². The van der Waals surface area contributed by atoms with Crippen molar-refractivity contribution >= 4 is 17.0 Å². The minimum Gasteiger partial charge on any atom is -0.484 e. The molecule has 5 heteroatoms. The molecule has 2 atom stereocenters. The van der Waals surface area contributed by atoms with E-state index in [9.17, 15) is 0 Å². The van der Waals surface area contributed by atoms with Crippen LogP contribution in [0.5, 0.6) is 5.75 Å². The van der Waals surface area contributed by atoms with E-state index in [-0.39, 0.29) is 12.0 Å². The van der Waals surface area contributed by atoms with Gasteiger partial charge < -0.3 is 9.30 Å². The van der Waals surface area contributed by atoms with Crippen LogP contribution in [0.3, 0.4) is 0 Å². The van der Waals surface area contributed by atoms with Crippen molar-refractivity contribution in [2.75, 3.05) is 0 Å². The molecule has 0 saturated heterocycles. The lowest BCUT2D eigenvalue weighted by Crippen LogP contribution is -2.14. The van der Waals surface area contributed by atoms with E-state index < -0.39 is 0 Å². The fourth-order valence-electron chi connectivity index (χ4n) is 7.61. The van der Waals surface area contributed by atoms with Gasteiger partial charge in [-0.1, -0.05) is 133 Å². The first kappa shape index (κ1) is 28.4. The maximum Gasteiger partial charge on any atom is 0.164 e. The molecule has 2 aromatic heterocycles. The molecule has 0 amide bonds. The van der Waals surface area contributed by atoms with Crippen LogP contribution in [0.1, 0.15) is 28.8 Å². The Labute approximate surface area is 289 Å². The van der Waals surface area contributed by atoms with Crippen LogP contribution in [0.2, 0.25) is 0 Å². The van der Waals surface area contributed by atoms with Gasteiger partial charge in [0.1, 0.15) is 11.9 Å². The number of nitrogens with zero attached hydrogens (tertiary/aromatic N) is 4. The first-order chi connectivity index (χ1) is 24.8. The molecule has 2 unspecified atom stereocenters. The first-order valence-electron chi connectivity index (χ1n) is 16.9. The summed E-state index contributed by atoms with van der Waals surface area (Å²) in [5.41, 5.74) is 10.7. The molecule has 0 bridgehead atoms. The molecule has 0 N–H and O–H groups in total. The number of hydrogen-bond donors (Lipinski definition) is 0. The van der Waals surface area contributed by atoms with E-state index in [0.29, 0.717) is 17.5 Å². The summed E-state index contributed by atoms with van der Waals surface area (Å²) >= 11 is 0. The van der Waals surface area contributed by atoms with Crippen molar-refractivity contribution in [2.24, 2.45) is 0 Å². The van der Waals surface area contributed by atoms with Crippen LogP contribution in [-0.4, -0.2) is 19.5 Å². The van der Waals surface area contributed by atoms with Crippen LogP contribution >= 0.6 is 0 Å². The largest absolute Gasteiger partial charge is 0.484 e. The Bertz CT molecular complexity index is 2500. The molecule has 10 rings (SSSR count). The summed E-state index contributed by atoms with van der Waals surface area (Å²) in [7, 11) is 0. The van der Waals surface area contributed by atoms with Gasteiger partial charge in [-0.2, -0.15) is 0 Å². The van der Waals surface area contributed by atoms with E-state index in [2.05, 4.69) is 108 Å². The predicted octanol–water partition coefficient (Wildman–Crippen LogP) is 10.7. The number of ether oxygens (including phenoxy) is 1. The summed E-state index contributed by atoms with van der Waals surface area (Å²) in [6.07, 6.45) is 4.36. The number of rotatable bonds is 5. The van der Waals surface area contributed by atoms with E-state index in [1.165, 1.54) is 10.9 Å². The molecule has 1 aliphatic heterocycles. The fourth-order valence-corrected chi connectivity index (χ4v) is 7.61. The third-order valence-corrected chi connectivity index (χ3v) is 9.84. The lowest BCUT2D eigenvalue weighted by molar-refractivity contribution is 0.225. The Balaban J connectivity index is 1.21. The minimum absolute atomic E-state index is 0.0525. The SMILES string of the molecule is C1=CC2c3c(-c4nc(-c5ccccc5)nc(-c5ccccc5)n4)ccc(-c4ccccc4)c3OC2c2c1n(-c1ccccc1)c1ccccc21. The van der Waals surface area contributed by atoms with E-state index >= 15 is 0 Å². The number of fused-ring (bicyclic) bond motifs is 7. The Morgan fingerprint density at radius 1 is 0.480 bits per heavy atom. The number of aromatic nitrogens is 4. The summed E-state index contributed by atoms with van der Waals surface area (Å²) in [6, 6.07) is 54.3. The molecule has 0 radical (unpaired) electrons. The number of para-hydroxylation sites is 2. The third kappa shape index (κ3) is 4.51. The normalized spacial score (nSPS) is 15.7. The highest BCUT2D eigenvalue weighted by Gasteiger charge is 2.43. The zero-order valence-corrected chi connectivity index (χ0v) is 27.0. The molecule has 50 heavy (non-hydrogen) atoms. The van der Waals surface area contributed by atoms with Gasteiger partial charge >= 0.3 is 0 Å². The molecule has 5 nitrogen and oxygen atoms in total. The maximum absolute atomic E-state index is 7.24. The van der Waals surface area contributed by atoms with Crippen molar-refractivity contribution < 1.29 is 4.74 Å². The molecule has 6 aromatic carbocycles. The second-order valence-corrected chi connectivity index (χ2v) is 12.7. The number of benzene rings is 6. The van der Waals surface area contributed by atoms with Crippen LogP contribution in [0.25, 0.3) is 68.0 Å². The number of hydrogen-bond acceptors (Lipinski definition) is 4. The van der Waals surface area contributed by atoms with Gasteiger partial charge in [0, 0.05) is 50.4 Å². The predicted molar refractivity (Wildman–Crippen MR) is 200 cm³/mol. The monoisotopic (exact) mass is 642 g/mol. The molecular formula is C45H30N4O. The Hall–Kier alpha value is -6.59. The van der Waals surface area contributed by atoms with Crippen LogP contribution < -0.4 is 4.74 Å². The molecule has 1 aliphatic carbocycles. The molecule has 8 aromatic rings. The van der Waals surface area contributed by atoms with Crippen molar-refractivity contribution in [1.29, 1.82) is 0 Å². The summed E-state index contributed by atoms with van der Waals surface area (Å²) in [5.74, 6) is 2.73. The Morgan fingerprint density at radius 3 is 1.68 bits per heavy atom.